The average Bonchev–Trinajstić information content (AvgIpc) is 2.78. The molecule has 0 saturated heterocycles. The van der Waals surface area contributed by atoms with Crippen molar-refractivity contribution in [2.45, 2.75) is 23.1 Å². The van der Waals surface area contributed by atoms with Crippen molar-refractivity contribution in [3.63, 3.8) is 0 Å². The van der Waals surface area contributed by atoms with Crippen molar-refractivity contribution in [3.05, 3.63) is 65.7 Å². The first-order valence-corrected chi connectivity index (χ1v) is 7.12. The summed E-state index contributed by atoms with van der Waals surface area (Å²) in [6.45, 7) is 1.58. The van der Waals surface area contributed by atoms with Crippen molar-refractivity contribution in [1.82, 2.24) is 5.32 Å². The van der Waals surface area contributed by atoms with Crippen LogP contribution >= 0.6 is 11.8 Å². The topological polar surface area (TPSA) is 29.1 Å². The molecule has 1 heterocycles. The van der Waals surface area contributed by atoms with Gasteiger partial charge in [-0.2, -0.15) is 0 Å². The maximum atomic E-state index is 11.6. The Hall–Kier alpha value is -1.74. The van der Waals surface area contributed by atoms with Gasteiger partial charge < -0.3 is 5.32 Å². The fourth-order valence-corrected chi connectivity index (χ4v) is 4.01. The SMILES string of the molecule is CC(=O)NC1(c2ccccc2)Cc2ccccc2S1. The molecule has 0 spiro atoms. The molecule has 1 aliphatic heterocycles. The van der Waals surface area contributed by atoms with Crippen LogP contribution in [0.3, 0.4) is 0 Å². The summed E-state index contributed by atoms with van der Waals surface area (Å²) in [6.07, 6.45) is 0.831. The first kappa shape index (κ1) is 12.3. The molecule has 2 aromatic carbocycles. The molecule has 1 amide bonds. The molecule has 2 aromatic rings. The molecule has 0 aliphatic carbocycles. The zero-order valence-corrected chi connectivity index (χ0v) is 11.5. The summed E-state index contributed by atoms with van der Waals surface area (Å²) in [7, 11) is 0. The van der Waals surface area contributed by atoms with Crippen LogP contribution in [0, 0.1) is 0 Å². The molecule has 2 nitrogen and oxygen atoms in total. The zero-order chi connectivity index (χ0) is 13.3. The van der Waals surface area contributed by atoms with E-state index in [2.05, 4.69) is 29.6 Å². The number of hydrogen-bond acceptors (Lipinski definition) is 2. The molecule has 1 aliphatic rings. The van der Waals surface area contributed by atoms with Crippen LogP contribution in [0.1, 0.15) is 18.1 Å². The van der Waals surface area contributed by atoms with Crippen molar-refractivity contribution >= 4 is 17.7 Å². The van der Waals surface area contributed by atoms with Crippen LogP contribution in [0.4, 0.5) is 0 Å². The summed E-state index contributed by atoms with van der Waals surface area (Å²) in [6, 6.07) is 18.5. The molecule has 1 N–H and O–H groups in total. The number of carbonyl (C=O) groups is 1. The monoisotopic (exact) mass is 269 g/mol. The Balaban J connectivity index is 2.04. The Morgan fingerprint density at radius 3 is 2.47 bits per heavy atom. The van der Waals surface area contributed by atoms with Gasteiger partial charge in [-0.15, -0.1) is 0 Å². The van der Waals surface area contributed by atoms with Gasteiger partial charge in [-0.05, 0) is 17.2 Å². The van der Waals surface area contributed by atoms with Gasteiger partial charge in [0.15, 0.2) is 0 Å². The Morgan fingerprint density at radius 2 is 1.79 bits per heavy atom. The van der Waals surface area contributed by atoms with Crippen molar-refractivity contribution in [2.75, 3.05) is 0 Å². The van der Waals surface area contributed by atoms with Gasteiger partial charge in [0.1, 0.15) is 4.87 Å². The van der Waals surface area contributed by atoms with Gasteiger partial charge >= 0.3 is 0 Å². The molecule has 0 aromatic heterocycles. The van der Waals surface area contributed by atoms with E-state index in [4.69, 9.17) is 0 Å². The third-order valence-electron chi connectivity index (χ3n) is 3.31. The first-order chi connectivity index (χ1) is 9.20. The Bertz CT molecular complexity index is 584. The van der Waals surface area contributed by atoms with Gasteiger partial charge in [0.05, 0.1) is 0 Å². The summed E-state index contributed by atoms with van der Waals surface area (Å²) in [5, 5.41) is 3.14. The second-order valence-corrected chi connectivity index (χ2v) is 6.10. The van der Waals surface area contributed by atoms with E-state index in [1.54, 1.807) is 18.7 Å². The molecule has 0 saturated carbocycles. The fraction of sp³-hybridized carbons (Fsp3) is 0.188. The van der Waals surface area contributed by atoms with Gasteiger partial charge in [-0.25, -0.2) is 0 Å². The second kappa shape index (κ2) is 4.74. The van der Waals surface area contributed by atoms with Crippen LogP contribution in [0.2, 0.25) is 0 Å². The molecule has 0 radical (unpaired) electrons. The molecule has 3 heteroatoms. The summed E-state index contributed by atoms with van der Waals surface area (Å²) in [5.74, 6) is 0.00385. The molecular weight excluding hydrogens is 254 g/mol. The minimum Gasteiger partial charge on any atom is -0.337 e. The van der Waals surface area contributed by atoms with Crippen LogP contribution in [0.5, 0.6) is 0 Å². The van der Waals surface area contributed by atoms with Crippen LogP contribution in [-0.4, -0.2) is 5.91 Å². The van der Waals surface area contributed by atoms with Gasteiger partial charge in [-0.1, -0.05) is 60.3 Å². The number of fused-ring (bicyclic) bond motifs is 1. The van der Waals surface area contributed by atoms with Crippen LogP contribution in [0.15, 0.2) is 59.5 Å². The van der Waals surface area contributed by atoms with Crippen LogP contribution < -0.4 is 5.32 Å². The van der Waals surface area contributed by atoms with E-state index in [0.717, 1.165) is 12.0 Å². The molecule has 1 unspecified atom stereocenters. The fourth-order valence-electron chi connectivity index (χ4n) is 2.54. The second-order valence-electron chi connectivity index (χ2n) is 4.76. The number of benzene rings is 2. The number of nitrogens with one attached hydrogen (secondary N) is 1. The van der Waals surface area contributed by atoms with Gasteiger partial charge in [0, 0.05) is 18.2 Å². The molecule has 1 atom stereocenters. The largest absolute Gasteiger partial charge is 0.337 e. The van der Waals surface area contributed by atoms with E-state index >= 15 is 0 Å². The van der Waals surface area contributed by atoms with E-state index in [9.17, 15) is 4.79 Å². The summed E-state index contributed by atoms with van der Waals surface area (Å²) in [4.78, 5) is 12.5. The lowest BCUT2D eigenvalue weighted by molar-refractivity contribution is -0.120. The number of carbonyl (C=O) groups excluding carboxylic acids is 1. The number of thioether (sulfide) groups is 1. The molecular formula is C16H15NOS. The van der Waals surface area contributed by atoms with Gasteiger partial charge in [0.25, 0.3) is 0 Å². The Kier molecular flexibility index (Phi) is 3.07. The predicted molar refractivity (Wildman–Crippen MR) is 77.9 cm³/mol. The average molecular weight is 269 g/mol. The highest BCUT2D eigenvalue weighted by atomic mass is 32.2. The van der Waals surface area contributed by atoms with Gasteiger partial charge in [-0.3, -0.25) is 4.79 Å². The molecule has 96 valence electrons. The standard InChI is InChI=1S/C16H15NOS/c1-12(18)17-16(14-8-3-2-4-9-14)11-13-7-5-6-10-15(13)19-16/h2-10H,11H2,1H3,(H,17,18). The van der Waals surface area contributed by atoms with E-state index in [1.807, 2.05) is 30.3 Å². The predicted octanol–water partition coefficient (Wildman–Crippen LogP) is 3.32. The highest BCUT2D eigenvalue weighted by Crippen LogP contribution is 2.49. The third kappa shape index (κ3) is 2.26. The number of rotatable bonds is 2. The van der Waals surface area contributed by atoms with E-state index in [1.165, 1.54) is 10.5 Å². The maximum Gasteiger partial charge on any atom is 0.218 e. The highest BCUT2D eigenvalue weighted by molar-refractivity contribution is 8.00. The van der Waals surface area contributed by atoms with Gasteiger partial charge in [0.2, 0.25) is 5.91 Å². The first-order valence-electron chi connectivity index (χ1n) is 6.31. The van der Waals surface area contributed by atoms with Crippen molar-refractivity contribution in [2.24, 2.45) is 0 Å². The molecule has 0 fully saturated rings. The van der Waals surface area contributed by atoms with E-state index < -0.39 is 0 Å². The van der Waals surface area contributed by atoms with E-state index in [-0.39, 0.29) is 10.8 Å². The third-order valence-corrected chi connectivity index (χ3v) is 4.76. The van der Waals surface area contributed by atoms with E-state index in [0.29, 0.717) is 0 Å². The summed E-state index contributed by atoms with van der Waals surface area (Å²) >= 11 is 1.73. The van der Waals surface area contributed by atoms with Crippen molar-refractivity contribution in [1.29, 1.82) is 0 Å². The quantitative estimate of drug-likeness (QED) is 0.906. The lowest BCUT2D eigenvalue weighted by Crippen LogP contribution is -2.41. The maximum absolute atomic E-state index is 11.6. The molecule has 0 bridgehead atoms. The lowest BCUT2D eigenvalue weighted by atomic mass is 9.98. The summed E-state index contributed by atoms with van der Waals surface area (Å²) < 4.78 is 0. The van der Waals surface area contributed by atoms with Crippen molar-refractivity contribution in [3.8, 4) is 0 Å². The van der Waals surface area contributed by atoms with Crippen LogP contribution in [0.25, 0.3) is 0 Å². The highest BCUT2D eigenvalue weighted by Gasteiger charge is 2.40. The normalized spacial score (nSPS) is 20.9. The van der Waals surface area contributed by atoms with Crippen LogP contribution in [-0.2, 0) is 16.1 Å². The summed E-state index contributed by atoms with van der Waals surface area (Å²) in [5.41, 5.74) is 2.44. The number of amides is 1. The Morgan fingerprint density at radius 1 is 1.11 bits per heavy atom. The van der Waals surface area contributed by atoms with Crippen molar-refractivity contribution < 1.29 is 4.79 Å². The smallest absolute Gasteiger partial charge is 0.218 e. The molecule has 19 heavy (non-hydrogen) atoms. The number of hydrogen-bond donors (Lipinski definition) is 1. The lowest BCUT2D eigenvalue weighted by Gasteiger charge is -2.29. The molecule has 3 rings (SSSR count). The zero-order valence-electron chi connectivity index (χ0n) is 10.7. The Labute approximate surface area is 117 Å². The minimum atomic E-state index is -0.364. The minimum absolute atomic E-state index is 0.00385.